The number of ketones is 1. The summed E-state index contributed by atoms with van der Waals surface area (Å²) in [7, 11) is 3.69. The molecule has 1 unspecified atom stereocenters. The van der Waals surface area contributed by atoms with Crippen LogP contribution in [0.2, 0.25) is 0 Å². The lowest BCUT2D eigenvalue weighted by Gasteiger charge is -2.26. The molecule has 0 spiro atoms. The third-order valence-corrected chi connectivity index (χ3v) is 5.11. The minimum Gasteiger partial charge on any atom is -0.507 e. The maximum absolute atomic E-state index is 14.7. The molecule has 0 aliphatic carbocycles. The number of likely N-dealkylation sites (N-methyl/N-ethyl adjacent to an activating group) is 1. The topological polar surface area (TPSA) is 70.1 Å². The Balaban J connectivity index is 2.12. The van der Waals surface area contributed by atoms with Crippen molar-refractivity contribution in [1.29, 1.82) is 0 Å². The fourth-order valence-corrected chi connectivity index (χ4v) is 3.55. The SMILES string of the molecule is CCCOc1cccc(/C(O)=C2/C(=O)C(=O)N(CCN(C)C)C2c2ccccc2F)c1. The predicted octanol–water partition coefficient (Wildman–Crippen LogP) is 3.60. The third-order valence-electron chi connectivity index (χ3n) is 5.11. The van der Waals surface area contributed by atoms with Gasteiger partial charge >= 0.3 is 0 Å². The highest BCUT2D eigenvalue weighted by Gasteiger charge is 2.46. The van der Waals surface area contributed by atoms with Crippen LogP contribution in [0.25, 0.3) is 5.76 Å². The number of nitrogens with zero attached hydrogens (tertiary/aromatic N) is 2. The molecule has 2 aromatic rings. The normalized spacial score (nSPS) is 18.1. The van der Waals surface area contributed by atoms with Gasteiger partial charge in [-0.05, 0) is 38.7 Å². The quantitative estimate of drug-likeness (QED) is 0.397. The Morgan fingerprint density at radius 1 is 1.16 bits per heavy atom. The molecule has 1 N–H and O–H groups in total. The molecule has 31 heavy (non-hydrogen) atoms. The van der Waals surface area contributed by atoms with Crippen molar-refractivity contribution in [3.63, 3.8) is 0 Å². The number of aliphatic hydroxyl groups is 1. The number of ether oxygens (including phenoxy) is 1. The molecule has 1 amide bonds. The standard InChI is InChI=1S/C24H27FN2O4/c1-4-14-31-17-9-7-8-16(15-17)22(28)20-21(18-10-5-6-11-19(18)25)27(13-12-26(2)3)24(30)23(20)29/h5-11,15,21,28H,4,12-14H2,1-3H3/b22-20-. The number of carbonyl (C=O) groups excluding carboxylic acids is 2. The second-order valence-corrected chi connectivity index (χ2v) is 7.69. The number of carbonyl (C=O) groups is 2. The molecule has 1 aliphatic heterocycles. The van der Waals surface area contributed by atoms with Crippen LogP contribution in [0.1, 0.15) is 30.5 Å². The van der Waals surface area contributed by atoms with Crippen LogP contribution < -0.4 is 4.74 Å². The van der Waals surface area contributed by atoms with Gasteiger partial charge in [0.1, 0.15) is 17.3 Å². The molecule has 1 heterocycles. The summed E-state index contributed by atoms with van der Waals surface area (Å²) in [5, 5.41) is 11.1. The van der Waals surface area contributed by atoms with Gasteiger partial charge in [-0.15, -0.1) is 0 Å². The molecule has 1 saturated heterocycles. The zero-order chi connectivity index (χ0) is 22.5. The van der Waals surface area contributed by atoms with Crippen LogP contribution in [0.5, 0.6) is 5.75 Å². The molecule has 1 atom stereocenters. The lowest BCUT2D eigenvalue weighted by Crippen LogP contribution is -2.35. The van der Waals surface area contributed by atoms with E-state index in [0.717, 1.165) is 6.42 Å². The van der Waals surface area contributed by atoms with Crippen LogP contribution in [-0.2, 0) is 9.59 Å². The highest BCUT2D eigenvalue weighted by Crippen LogP contribution is 2.40. The highest BCUT2D eigenvalue weighted by molar-refractivity contribution is 6.46. The van der Waals surface area contributed by atoms with E-state index in [0.29, 0.717) is 24.5 Å². The molecule has 6 nitrogen and oxygen atoms in total. The first kappa shape index (κ1) is 22.5. The Labute approximate surface area is 181 Å². The molecule has 164 valence electrons. The minimum atomic E-state index is -1.01. The van der Waals surface area contributed by atoms with Gasteiger partial charge in [0.2, 0.25) is 0 Å². The Hall–Kier alpha value is -3.19. The van der Waals surface area contributed by atoms with Crippen molar-refractivity contribution in [3.05, 3.63) is 71.0 Å². The summed E-state index contributed by atoms with van der Waals surface area (Å²) in [4.78, 5) is 29.0. The van der Waals surface area contributed by atoms with Crippen LogP contribution in [-0.4, -0.2) is 60.4 Å². The number of amides is 1. The highest BCUT2D eigenvalue weighted by atomic mass is 19.1. The summed E-state index contributed by atoms with van der Waals surface area (Å²) in [6.45, 7) is 3.19. The van der Waals surface area contributed by atoms with E-state index in [1.807, 2.05) is 25.9 Å². The molecular weight excluding hydrogens is 399 g/mol. The van der Waals surface area contributed by atoms with E-state index >= 15 is 0 Å². The number of hydrogen-bond donors (Lipinski definition) is 1. The molecule has 0 radical (unpaired) electrons. The summed E-state index contributed by atoms with van der Waals surface area (Å²) < 4.78 is 20.3. The fraction of sp³-hybridized carbons (Fsp3) is 0.333. The predicted molar refractivity (Wildman–Crippen MR) is 116 cm³/mol. The van der Waals surface area contributed by atoms with Gasteiger partial charge in [-0.3, -0.25) is 9.59 Å². The van der Waals surface area contributed by atoms with E-state index in [1.54, 1.807) is 36.4 Å². The lowest BCUT2D eigenvalue weighted by atomic mass is 9.95. The van der Waals surface area contributed by atoms with Crippen molar-refractivity contribution in [2.24, 2.45) is 0 Å². The molecule has 3 rings (SSSR count). The number of Topliss-reactive ketones (excluding diaryl/α,β-unsaturated/α-hetero) is 1. The van der Waals surface area contributed by atoms with Gasteiger partial charge in [-0.1, -0.05) is 37.3 Å². The zero-order valence-electron chi connectivity index (χ0n) is 18.0. The average molecular weight is 426 g/mol. The van der Waals surface area contributed by atoms with Gasteiger partial charge in [0, 0.05) is 24.2 Å². The first-order valence-electron chi connectivity index (χ1n) is 10.3. The van der Waals surface area contributed by atoms with Gasteiger partial charge < -0.3 is 19.6 Å². The smallest absolute Gasteiger partial charge is 0.295 e. The number of rotatable bonds is 8. The van der Waals surface area contributed by atoms with Crippen molar-refractivity contribution in [1.82, 2.24) is 9.80 Å². The van der Waals surface area contributed by atoms with E-state index in [9.17, 15) is 19.1 Å². The van der Waals surface area contributed by atoms with E-state index < -0.39 is 23.5 Å². The largest absolute Gasteiger partial charge is 0.507 e. The number of halogens is 1. The van der Waals surface area contributed by atoms with E-state index in [4.69, 9.17) is 4.74 Å². The maximum Gasteiger partial charge on any atom is 0.295 e. The first-order valence-corrected chi connectivity index (χ1v) is 10.3. The summed E-state index contributed by atoms with van der Waals surface area (Å²) >= 11 is 0. The van der Waals surface area contributed by atoms with Gasteiger partial charge in [-0.2, -0.15) is 0 Å². The van der Waals surface area contributed by atoms with Crippen molar-refractivity contribution in [3.8, 4) is 5.75 Å². The Kier molecular flexibility index (Phi) is 7.07. The van der Waals surface area contributed by atoms with E-state index in [1.165, 1.54) is 17.0 Å². The van der Waals surface area contributed by atoms with Crippen LogP contribution in [0, 0.1) is 5.82 Å². The summed E-state index contributed by atoms with van der Waals surface area (Å²) in [5.41, 5.74) is 0.377. The Bertz CT molecular complexity index is 1000. The minimum absolute atomic E-state index is 0.124. The summed E-state index contributed by atoms with van der Waals surface area (Å²) in [5.74, 6) is -1.94. The number of aliphatic hydroxyl groups excluding tert-OH is 1. The number of benzene rings is 2. The molecule has 0 aromatic heterocycles. The molecule has 1 aliphatic rings. The number of hydrogen-bond acceptors (Lipinski definition) is 5. The fourth-order valence-electron chi connectivity index (χ4n) is 3.55. The summed E-state index contributed by atoms with van der Waals surface area (Å²) in [6.07, 6.45) is 0.820. The van der Waals surface area contributed by atoms with E-state index in [2.05, 4.69) is 0 Å². The summed E-state index contributed by atoms with van der Waals surface area (Å²) in [6, 6.07) is 11.7. The van der Waals surface area contributed by atoms with Gasteiger partial charge in [0.05, 0.1) is 18.2 Å². The Morgan fingerprint density at radius 2 is 1.90 bits per heavy atom. The van der Waals surface area contributed by atoms with Crippen LogP contribution in [0.15, 0.2) is 54.1 Å². The van der Waals surface area contributed by atoms with Crippen molar-refractivity contribution in [2.45, 2.75) is 19.4 Å². The van der Waals surface area contributed by atoms with Gasteiger partial charge in [0.15, 0.2) is 0 Å². The van der Waals surface area contributed by atoms with Crippen LogP contribution in [0.3, 0.4) is 0 Å². The molecule has 0 saturated carbocycles. The second kappa shape index (κ2) is 9.75. The third kappa shape index (κ3) is 4.77. The molecule has 0 bridgehead atoms. The average Bonchev–Trinajstić information content (AvgIpc) is 3.00. The second-order valence-electron chi connectivity index (χ2n) is 7.69. The van der Waals surface area contributed by atoms with Crippen molar-refractivity contribution in [2.75, 3.05) is 33.8 Å². The zero-order valence-corrected chi connectivity index (χ0v) is 18.0. The van der Waals surface area contributed by atoms with Crippen LogP contribution >= 0.6 is 0 Å². The monoisotopic (exact) mass is 426 g/mol. The first-order chi connectivity index (χ1) is 14.8. The van der Waals surface area contributed by atoms with Gasteiger partial charge in [-0.25, -0.2) is 4.39 Å². The maximum atomic E-state index is 14.7. The van der Waals surface area contributed by atoms with Crippen LogP contribution in [0.4, 0.5) is 4.39 Å². The molecule has 1 fully saturated rings. The molecule has 2 aromatic carbocycles. The van der Waals surface area contributed by atoms with E-state index in [-0.39, 0.29) is 23.4 Å². The Morgan fingerprint density at radius 3 is 2.58 bits per heavy atom. The number of likely N-dealkylation sites (tertiary alicyclic amines) is 1. The van der Waals surface area contributed by atoms with Gasteiger partial charge in [0.25, 0.3) is 11.7 Å². The molecular formula is C24H27FN2O4. The molecule has 7 heteroatoms. The lowest BCUT2D eigenvalue weighted by molar-refractivity contribution is -0.140. The van der Waals surface area contributed by atoms with Crippen molar-refractivity contribution < 1.29 is 23.8 Å². The van der Waals surface area contributed by atoms with Crippen molar-refractivity contribution >= 4 is 17.4 Å².